The highest BCUT2D eigenvalue weighted by molar-refractivity contribution is 6.40. The predicted octanol–water partition coefficient (Wildman–Crippen LogP) is 6.19. The highest BCUT2D eigenvalue weighted by Crippen LogP contribution is 2.26. The first-order valence-electron chi connectivity index (χ1n) is 10.0. The Morgan fingerprint density at radius 3 is 1.94 bits per heavy atom. The Balaban J connectivity index is 2.05. The van der Waals surface area contributed by atoms with E-state index in [2.05, 4.69) is 4.98 Å². The number of rotatable bonds is 4. The lowest BCUT2D eigenvalue weighted by Gasteiger charge is -2.25. The summed E-state index contributed by atoms with van der Waals surface area (Å²) in [7, 11) is 0. The third-order valence-electron chi connectivity index (χ3n) is 5.10. The third-order valence-corrected chi connectivity index (χ3v) is 6.20. The molecule has 10 heteroatoms. The fourth-order valence-electron chi connectivity index (χ4n) is 3.45. The number of carbonyl (C=O) groups excluding carboxylic acids is 2. The van der Waals surface area contributed by atoms with Crippen LogP contribution in [0.2, 0.25) is 20.1 Å². The second-order valence-corrected chi connectivity index (χ2v) is 8.91. The van der Waals surface area contributed by atoms with Crippen LogP contribution >= 0.6 is 46.4 Å². The number of aromatic nitrogens is 2. The zero-order valence-electron chi connectivity index (χ0n) is 17.6. The molecule has 0 spiro atoms. The molecule has 34 heavy (non-hydrogen) atoms. The van der Waals surface area contributed by atoms with Gasteiger partial charge in [0, 0.05) is 27.2 Å². The normalized spacial score (nSPS) is 11.0. The molecule has 0 unspecified atom stereocenters. The molecular weight excluding hydrogens is 520 g/mol. The van der Waals surface area contributed by atoms with E-state index in [9.17, 15) is 14.4 Å². The molecular formula is C24H15Cl4N3O3. The first-order valence-corrected chi connectivity index (χ1v) is 11.5. The van der Waals surface area contributed by atoms with Crippen LogP contribution < -0.4 is 10.6 Å². The monoisotopic (exact) mass is 533 g/mol. The lowest BCUT2D eigenvalue weighted by molar-refractivity contribution is 0.0856. The first-order chi connectivity index (χ1) is 16.2. The van der Waals surface area contributed by atoms with E-state index in [1.165, 1.54) is 42.6 Å². The molecule has 0 fully saturated rings. The summed E-state index contributed by atoms with van der Waals surface area (Å²) in [5.41, 5.74) is -0.160. The Morgan fingerprint density at radius 2 is 1.44 bits per heavy atom. The van der Waals surface area contributed by atoms with E-state index in [1.807, 2.05) is 0 Å². The molecule has 2 amide bonds. The maximum absolute atomic E-state index is 13.8. The van der Waals surface area contributed by atoms with E-state index in [0.717, 1.165) is 4.68 Å². The lowest BCUT2D eigenvalue weighted by Crippen LogP contribution is -2.51. The van der Waals surface area contributed by atoms with Crippen molar-refractivity contribution in [3.63, 3.8) is 0 Å². The Labute approximate surface area is 214 Å². The van der Waals surface area contributed by atoms with Crippen LogP contribution in [0.3, 0.4) is 0 Å². The second kappa shape index (κ2) is 9.76. The number of pyridine rings is 2. The summed E-state index contributed by atoms with van der Waals surface area (Å²) in [5.74, 6) is -1.72. The first kappa shape index (κ1) is 24.2. The van der Waals surface area contributed by atoms with Crippen molar-refractivity contribution in [1.82, 2.24) is 9.66 Å². The summed E-state index contributed by atoms with van der Waals surface area (Å²) in [6, 6.07) is 13.5. The van der Waals surface area contributed by atoms with Crippen molar-refractivity contribution in [2.45, 2.75) is 13.3 Å². The van der Waals surface area contributed by atoms with Crippen LogP contribution in [0, 0.1) is 0 Å². The van der Waals surface area contributed by atoms with Gasteiger partial charge in [-0.1, -0.05) is 53.3 Å². The van der Waals surface area contributed by atoms with Crippen molar-refractivity contribution < 1.29 is 9.59 Å². The summed E-state index contributed by atoms with van der Waals surface area (Å²) in [4.78, 5) is 45.3. The molecule has 0 aliphatic heterocycles. The minimum absolute atomic E-state index is 0.00876. The van der Waals surface area contributed by atoms with E-state index in [4.69, 9.17) is 46.4 Å². The summed E-state index contributed by atoms with van der Waals surface area (Å²) in [5, 5.41) is 1.88. The number of imide groups is 1. The van der Waals surface area contributed by atoms with Crippen molar-refractivity contribution in [3.8, 4) is 0 Å². The fraction of sp³-hybridized carbons (Fsp3) is 0.0833. The number of carbonyl (C=O) groups is 2. The van der Waals surface area contributed by atoms with Gasteiger partial charge < -0.3 is 0 Å². The number of amides is 2. The molecule has 0 bridgehead atoms. The SMILES string of the molecule is CCc1cc2cccnc2n(N(C(=O)c2ccc(Cl)cc2Cl)C(=O)c2ccc(Cl)cc2Cl)c1=O. The maximum Gasteiger partial charge on any atom is 0.281 e. The Hall–Kier alpha value is -2.90. The molecule has 0 atom stereocenters. The largest absolute Gasteiger partial charge is 0.281 e. The van der Waals surface area contributed by atoms with Crippen LogP contribution in [0.25, 0.3) is 11.0 Å². The number of aryl methyl sites for hydroxylation is 1. The molecule has 0 aliphatic rings. The number of nitrogens with zero attached hydrogens (tertiary/aromatic N) is 3. The van der Waals surface area contributed by atoms with Crippen LogP contribution in [0.4, 0.5) is 0 Å². The van der Waals surface area contributed by atoms with E-state index in [1.54, 1.807) is 25.1 Å². The van der Waals surface area contributed by atoms with Gasteiger partial charge in [0.2, 0.25) is 0 Å². The quantitative estimate of drug-likeness (QED) is 0.292. The molecule has 2 heterocycles. The maximum atomic E-state index is 13.8. The molecule has 0 saturated carbocycles. The van der Waals surface area contributed by atoms with Gasteiger partial charge in [-0.05, 0) is 61.0 Å². The smallest absolute Gasteiger partial charge is 0.267 e. The van der Waals surface area contributed by atoms with Crippen molar-refractivity contribution in [2.75, 3.05) is 5.01 Å². The van der Waals surface area contributed by atoms with Gasteiger partial charge in [-0.2, -0.15) is 9.69 Å². The Bertz CT molecular complexity index is 1450. The summed E-state index contributed by atoms with van der Waals surface area (Å²) in [6.45, 7) is 1.80. The zero-order valence-corrected chi connectivity index (χ0v) is 20.6. The van der Waals surface area contributed by atoms with Gasteiger partial charge in [0.25, 0.3) is 17.4 Å². The van der Waals surface area contributed by atoms with Crippen LogP contribution in [0.1, 0.15) is 33.2 Å². The minimum atomic E-state index is -0.861. The van der Waals surface area contributed by atoms with Crippen LogP contribution in [0.15, 0.2) is 65.6 Å². The van der Waals surface area contributed by atoms with Crippen molar-refractivity contribution in [1.29, 1.82) is 0 Å². The van der Waals surface area contributed by atoms with Crippen LogP contribution in [-0.4, -0.2) is 21.5 Å². The van der Waals surface area contributed by atoms with Gasteiger partial charge in [0.05, 0.1) is 21.2 Å². The molecule has 0 saturated heterocycles. The number of benzene rings is 2. The van der Waals surface area contributed by atoms with E-state index < -0.39 is 17.4 Å². The molecule has 0 radical (unpaired) electrons. The molecule has 2 aromatic carbocycles. The second-order valence-electron chi connectivity index (χ2n) is 7.23. The highest BCUT2D eigenvalue weighted by atomic mass is 35.5. The molecule has 6 nitrogen and oxygen atoms in total. The molecule has 0 N–H and O–H groups in total. The summed E-state index contributed by atoms with van der Waals surface area (Å²) in [6.07, 6.45) is 1.82. The zero-order chi connectivity index (χ0) is 24.6. The van der Waals surface area contributed by atoms with Gasteiger partial charge >= 0.3 is 0 Å². The summed E-state index contributed by atoms with van der Waals surface area (Å²) < 4.78 is 0.953. The number of hydrogen-bond donors (Lipinski definition) is 0. The standard InChI is InChI=1S/C24H15Cl4N3O3/c1-2-13-10-14-4-3-9-29-21(14)30(22(13)32)31(23(33)17-7-5-15(25)11-19(17)27)24(34)18-8-6-16(26)12-20(18)28/h3-12H,2H2,1H3. The lowest BCUT2D eigenvalue weighted by atomic mass is 10.1. The topological polar surface area (TPSA) is 72.3 Å². The molecule has 4 aromatic rings. The van der Waals surface area contributed by atoms with Gasteiger partial charge in [0.1, 0.15) is 0 Å². The number of hydrogen-bond acceptors (Lipinski definition) is 4. The third kappa shape index (κ3) is 4.42. The molecule has 4 rings (SSSR count). The number of halogens is 4. The summed E-state index contributed by atoms with van der Waals surface area (Å²) >= 11 is 24.5. The van der Waals surface area contributed by atoms with Crippen LogP contribution in [-0.2, 0) is 6.42 Å². The van der Waals surface area contributed by atoms with Gasteiger partial charge in [0.15, 0.2) is 5.65 Å². The Morgan fingerprint density at radius 1 is 0.882 bits per heavy atom. The highest BCUT2D eigenvalue weighted by Gasteiger charge is 2.32. The Kier molecular flexibility index (Phi) is 6.96. The van der Waals surface area contributed by atoms with Crippen molar-refractivity contribution >= 4 is 69.3 Å². The van der Waals surface area contributed by atoms with Crippen molar-refractivity contribution in [2.24, 2.45) is 0 Å². The average Bonchev–Trinajstić information content (AvgIpc) is 2.80. The van der Waals surface area contributed by atoms with Crippen molar-refractivity contribution in [3.05, 3.63) is 108 Å². The average molecular weight is 535 g/mol. The molecule has 0 aliphatic carbocycles. The number of fused-ring (bicyclic) bond motifs is 1. The fourth-order valence-corrected chi connectivity index (χ4v) is 4.43. The minimum Gasteiger partial charge on any atom is -0.267 e. The molecule has 172 valence electrons. The van der Waals surface area contributed by atoms with E-state index >= 15 is 0 Å². The predicted molar refractivity (Wildman–Crippen MR) is 135 cm³/mol. The van der Waals surface area contributed by atoms with Gasteiger partial charge in [-0.15, -0.1) is 0 Å². The molecule has 2 aromatic heterocycles. The van der Waals surface area contributed by atoms with Crippen LogP contribution in [0.5, 0.6) is 0 Å². The van der Waals surface area contributed by atoms with Gasteiger partial charge in [-0.3, -0.25) is 14.4 Å². The van der Waals surface area contributed by atoms with Gasteiger partial charge in [-0.25, -0.2) is 4.98 Å². The van der Waals surface area contributed by atoms with E-state index in [0.29, 0.717) is 32.4 Å². The van der Waals surface area contributed by atoms with E-state index in [-0.39, 0.29) is 26.8 Å².